The molecule has 32 heavy (non-hydrogen) atoms. The van der Waals surface area contributed by atoms with Crippen molar-refractivity contribution in [2.24, 2.45) is 7.05 Å². The van der Waals surface area contributed by atoms with Crippen LogP contribution in [0.2, 0.25) is 0 Å². The number of nitro groups is 1. The van der Waals surface area contributed by atoms with Crippen LogP contribution in [-0.2, 0) is 18.4 Å². The molecule has 0 bridgehead atoms. The number of rotatable bonds is 5. The van der Waals surface area contributed by atoms with E-state index in [1.165, 1.54) is 6.07 Å². The quantitative estimate of drug-likeness (QED) is 0.463. The van der Waals surface area contributed by atoms with Gasteiger partial charge in [-0.15, -0.1) is 0 Å². The molecule has 2 heterocycles. The van der Waals surface area contributed by atoms with Gasteiger partial charge in [0.2, 0.25) is 5.95 Å². The van der Waals surface area contributed by atoms with Gasteiger partial charge in [-0.3, -0.25) is 10.1 Å². The third-order valence-electron chi connectivity index (χ3n) is 5.62. The molecule has 4 rings (SSSR count). The van der Waals surface area contributed by atoms with E-state index < -0.39 is 17.1 Å². The minimum absolute atomic E-state index is 0.0153. The van der Waals surface area contributed by atoms with Gasteiger partial charge in [0.05, 0.1) is 28.1 Å². The summed E-state index contributed by atoms with van der Waals surface area (Å²) in [4.78, 5) is 29.6. The van der Waals surface area contributed by atoms with Gasteiger partial charge in [0.15, 0.2) is 0 Å². The van der Waals surface area contributed by atoms with Crippen LogP contribution in [0.25, 0.3) is 11.0 Å². The molecule has 1 saturated heterocycles. The topological polar surface area (TPSA) is 123 Å². The van der Waals surface area contributed by atoms with E-state index in [0.29, 0.717) is 36.5 Å². The second kappa shape index (κ2) is 8.83. The molecular weight excluding hydrogens is 414 g/mol. The predicted molar refractivity (Wildman–Crippen MR) is 118 cm³/mol. The molecule has 2 N–H and O–H groups in total. The van der Waals surface area contributed by atoms with Crippen LogP contribution in [-0.4, -0.2) is 50.9 Å². The molecule has 168 valence electrons. The molecule has 0 saturated carbocycles. The summed E-state index contributed by atoms with van der Waals surface area (Å²) in [6.45, 7) is 2.62. The fraction of sp³-hybridized carbons (Fsp3) is 0.364. The zero-order chi connectivity index (χ0) is 22.8. The molecule has 3 aromatic rings. The average molecular weight is 439 g/mol. The van der Waals surface area contributed by atoms with Crippen LogP contribution in [0.5, 0.6) is 0 Å². The van der Waals surface area contributed by atoms with E-state index in [1.807, 2.05) is 46.8 Å². The van der Waals surface area contributed by atoms with Crippen molar-refractivity contribution in [3.63, 3.8) is 0 Å². The third-order valence-corrected chi connectivity index (χ3v) is 5.62. The number of hydrogen-bond donors (Lipinski definition) is 2. The molecule has 2 atom stereocenters. The molecule has 10 heteroatoms. The van der Waals surface area contributed by atoms with Gasteiger partial charge < -0.3 is 24.6 Å². The first kappa shape index (κ1) is 21.6. The average Bonchev–Trinajstić information content (AvgIpc) is 3.07. The number of carbonyl (C=O) groups is 1. The van der Waals surface area contributed by atoms with Crippen LogP contribution in [0.15, 0.2) is 42.5 Å². The Balaban J connectivity index is 1.48. The number of aromatic nitrogens is 2. The second-order valence-corrected chi connectivity index (χ2v) is 8.05. The summed E-state index contributed by atoms with van der Waals surface area (Å²) in [7, 11) is 1.83. The summed E-state index contributed by atoms with van der Waals surface area (Å²) in [6.07, 6.45) is -0.825. The normalized spacial score (nSPS) is 18.5. The van der Waals surface area contributed by atoms with Crippen molar-refractivity contribution in [2.75, 3.05) is 18.0 Å². The molecule has 1 aliphatic rings. The number of carbonyl (C=O) groups excluding carboxylic acids is 1. The summed E-state index contributed by atoms with van der Waals surface area (Å²) in [5.41, 5.74) is 2.72. The lowest BCUT2D eigenvalue weighted by Gasteiger charge is -2.36. The highest BCUT2D eigenvalue weighted by molar-refractivity contribution is 5.82. The van der Waals surface area contributed by atoms with Crippen molar-refractivity contribution >= 4 is 28.8 Å². The van der Waals surface area contributed by atoms with Crippen molar-refractivity contribution in [1.82, 2.24) is 14.9 Å². The zero-order valence-corrected chi connectivity index (χ0v) is 17.9. The SMILES string of the molecule is Cc1cc2c(cc1[N+](=O)[O-])nc(N1C[C@H](O)C[C@@H](NC(=O)OCc3ccccc3)C1)n2C. The maximum atomic E-state index is 12.3. The molecule has 1 aromatic heterocycles. The standard InChI is InChI=1S/C22H25N5O5/c1-14-8-20-18(10-19(14)27(30)31)24-21(25(20)2)26-11-16(9-17(28)12-26)23-22(29)32-13-15-6-4-3-5-7-15/h3-8,10,16-17,28H,9,11-13H2,1-2H3,(H,23,29)/t16-,17-/m1/s1. The van der Waals surface area contributed by atoms with E-state index in [9.17, 15) is 20.0 Å². The van der Waals surface area contributed by atoms with Crippen LogP contribution < -0.4 is 10.2 Å². The number of β-amino-alcohol motifs (C(OH)–C–C–N with tert-alkyl or cyclic N) is 1. The predicted octanol–water partition coefficient (Wildman–Crippen LogP) is 2.66. The summed E-state index contributed by atoms with van der Waals surface area (Å²) >= 11 is 0. The highest BCUT2D eigenvalue weighted by Crippen LogP contribution is 2.29. The fourth-order valence-corrected chi connectivity index (χ4v) is 4.07. The number of aryl methyl sites for hydroxylation is 2. The van der Waals surface area contributed by atoms with Gasteiger partial charge in [-0.05, 0) is 25.0 Å². The number of anilines is 1. The van der Waals surface area contributed by atoms with Crippen LogP contribution in [0.3, 0.4) is 0 Å². The van der Waals surface area contributed by atoms with E-state index in [-0.39, 0.29) is 18.3 Å². The van der Waals surface area contributed by atoms with E-state index in [2.05, 4.69) is 10.3 Å². The van der Waals surface area contributed by atoms with Crippen molar-refractivity contribution in [2.45, 2.75) is 32.1 Å². The molecule has 10 nitrogen and oxygen atoms in total. The molecule has 1 fully saturated rings. The Morgan fingerprint density at radius 1 is 1.31 bits per heavy atom. The van der Waals surface area contributed by atoms with Crippen LogP contribution in [0.4, 0.5) is 16.4 Å². The Kier molecular flexibility index (Phi) is 5.95. The maximum absolute atomic E-state index is 12.3. The van der Waals surface area contributed by atoms with Crippen molar-refractivity contribution in [3.8, 4) is 0 Å². The number of amides is 1. The van der Waals surface area contributed by atoms with E-state index in [4.69, 9.17) is 4.74 Å². The van der Waals surface area contributed by atoms with Gasteiger partial charge in [-0.25, -0.2) is 9.78 Å². The Bertz CT molecular complexity index is 1150. The number of imidazole rings is 1. The Morgan fingerprint density at radius 2 is 2.06 bits per heavy atom. The number of nitro benzene ring substituents is 1. The van der Waals surface area contributed by atoms with Gasteiger partial charge in [-0.1, -0.05) is 30.3 Å². The number of hydrogen-bond acceptors (Lipinski definition) is 7. The molecule has 1 aliphatic heterocycles. The number of aliphatic hydroxyl groups is 1. The Morgan fingerprint density at radius 3 is 2.78 bits per heavy atom. The lowest BCUT2D eigenvalue weighted by atomic mass is 10.0. The molecule has 0 unspecified atom stereocenters. The van der Waals surface area contributed by atoms with Crippen LogP contribution in [0.1, 0.15) is 17.5 Å². The van der Waals surface area contributed by atoms with Crippen molar-refractivity contribution < 1.29 is 19.6 Å². The number of piperidine rings is 1. The third kappa shape index (κ3) is 4.50. The van der Waals surface area contributed by atoms with Gasteiger partial charge in [0, 0.05) is 31.8 Å². The largest absolute Gasteiger partial charge is 0.445 e. The van der Waals surface area contributed by atoms with Crippen LogP contribution >= 0.6 is 0 Å². The minimum atomic E-state index is -0.668. The van der Waals surface area contributed by atoms with E-state index in [0.717, 1.165) is 11.1 Å². The molecule has 1 amide bonds. The lowest BCUT2D eigenvalue weighted by Crippen LogP contribution is -2.53. The first-order valence-corrected chi connectivity index (χ1v) is 10.3. The first-order chi connectivity index (χ1) is 15.3. The minimum Gasteiger partial charge on any atom is -0.445 e. The summed E-state index contributed by atoms with van der Waals surface area (Å²) < 4.78 is 7.13. The van der Waals surface area contributed by atoms with Gasteiger partial charge in [0.25, 0.3) is 5.69 Å². The summed E-state index contributed by atoms with van der Waals surface area (Å²) in [5.74, 6) is 0.572. The summed E-state index contributed by atoms with van der Waals surface area (Å²) in [6, 6.07) is 12.2. The van der Waals surface area contributed by atoms with Gasteiger partial charge in [-0.2, -0.15) is 0 Å². The number of nitrogens with one attached hydrogen (secondary N) is 1. The number of nitrogens with zero attached hydrogens (tertiary/aromatic N) is 4. The Labute approximate surface area is 184 Å². The number of benzene rings is 2. The van der Waals surface area contributed by atoms with Gasteiger partial charge >= 0.3 is 6.09 Å². The molecular formula is C22H25N5O5. The van der Waals surface area contributed by atoms with Crippen LogP contribution in [0, 0.1) is 17.0 Å². The van der Waals surface area contributed by atoms with Crippen molar-refractivity contribution in [3.05, 3.63) is 63.7 Å². The maximum Gasteiger partial charge on any atom is 0.407 e. The van der Waals surface area contributed by atoms with E-state index in [1.54, 1.807) is 13.0 Å². The van der Waals surface area contributed by atoms with Crippen molar-refractivity contribution in [1.29, 1.82) is 0 Å². The molecule has 2 aromatic carbocycles. The number of ether oxygens (including phenoxy) is 1. The summed E-state index contributed by atoms with van der Waals surface area (Å²) in [5, 5.41) is 24.5. The Hall–Kier alpha value is -3.66. The molecule has 0 aliphatic carbocycles. The van der Waals surface area contributed by atoms with Gasteiger partial charge in [0.1, 0.15) is 6.61 Å². The highest BCUT2D eigenvalue weighted by atomic mass is 16.6. The monoisotopic (exact) mass is 439 g/mol. The smallest absolute Gasteiger partial charge is 0.407 e. The zero-order valence-electron chi connectivity index (χ0n) is 17.9. The fourth-order valence-electron chi connectivity index (χ4n) is 4.07. The second-order valence-electron chi connectivity index (χ2n) is 8.05. The number of aliphatic hydroxyl groups excluding tert-OH is 1. The molecule has 0 spiro atoms. The highest BCUT2D eigenvalue weighted by Gasteiger charge is 2.30. The molecule has 0 radical (unpaired) electrons. The number of fused-ring (bicyclic) bond motifs is 1. The number of alkyl carbamates (subject to hydrolysis) is 1. The first-order valence-electron chi connectivity index (χ1n) is 10.3. The lowest BCUT2D eigenvalue weighted by molar-refractivity contribution is -0.385. The van der Waals surface area contributed by atoms with E-state index >= 15 is 0 Å².